The average Bonchev–Trinajstić information content (AvgIpc) is 3.06. The maximum absolute atomic E-state index is 9.73. The molecular formula is C22H20BrN3OS. The van der Waals surface area contributed by atoms with Gasteiger partial charge in [-0.05, 0) is 72.3 Å². The highest BCUT2D eigenvalue weighted by Crippen LogP contribution is 2.40. The minimum atomic E-state index is 0.343. The van der Waals surface area contributed by atoms with Crippen LogP contribution in [-0.4, -0.2) is 4.98 Å². The molecule has 2 N–H and O–H groups in total. The second-order valence-corrected chi connectivity index (χ2v) is 9.01. The van der Waals surface area contributed by atoms with Crippen molar-refractivity contribution in [2.45, 2.75) is 39.2 Å². The molecule has 0 radical (unpaired) electrons. The summed E-state index contributed by atoms with van der Waals surface area (Å²) in [7, 11) is 0. The Morgan fingerprint density at radius 3 is 2.86 bits per heavy atom. The molecule has 2 heterocycles. The van der Waals surface area contributed by atoms with Crippen molar-refractivity contribution >= 4 is 33.1 Å². The zero-order chi connectivity index (χ0) is 19.7. The van der Waals surface area contributed by atoms with Crippen molar-refractivity contribution in [3.8, 4) is 22.3 Å². The van der Waals surface area contributed by atoms with Gasteiger partial charge in [0.25, 0.3) is 0 Å². The van der Waals surface area contributed by atoms with E-state index in [4.69, 9.17) is 10.5 Å². The SMILES string of the molecule is Cc1sc(-c2c(C#N)c(N)nc3c2CCCC3)cc1COc1ccccc1Br. The molecule has 3 aromatic rings. The molecule has 0 saturated heterocycles. The molecule has 0 spiro atoms. The number of thiophene rings is 1. The maximum atomic E-state index is 9.73. The van der Waals surface area contributed by atoms with Gasteiger partial charge >= 0.3 is 0 Å². The van der Waals surface area contributed by atoms with Gasteiger partial charge in [-0.3, -0.25) is 0 Å². The lowest BCUT2D eigenvalue weighted by Gasteiger charge is -2.20. The molecule has 1 aliphatic carbocycles. The van der Waals surface area contributed by atoms with Crippen molar-refractivity contribution in [2.24, 2.45) is 0 Å². The van der Waals surface area contributed by atoms with Gasteiger partial charge in [-0.25, -0.2) is 4.98 Å². The Bertz CT molecular complexity index is 1080. The van der Waals surface area contributed by atoms with Gasteiger partial charge < -0.3 is 10.5 Å². The summed E-state index contributed by atoms with van der Waals surface area (Å²) in [4.78, 5) is 6.78. The van der Waals surface area contributed by atoms with E-state index in [0.29, 0.717) is 18.0 Å². The Labute approximate surface area is 177 Å². The monoisotopic (exact) mass is 453 g/mol. The Kier molecular flexibility index (Phi) is 5.38. The zero-order valence-corrected chi connectivity index (χ0v) is 18.0. The van der Waals surface area contributed by atoms with Crippen molar-refractivity contribution < 1.29 is 4.74 Å². The quantitative estimate of drug-likeness (QED) is 0.542. The van der Waals surface area contributed by atoms with Crippen LogP contribution in [0, 0.1) is 18.3 Å². The molecule has 4 rings (SSSR count). The van der Waals surface area contributed by atoms with Gasteiger partial charge in [-0.15, -0.1) is 11.3 Å². The molecule has 6 heteroatoms. The number of halogens is 1. The number of nitrogens with two attached hydrogens (primary N) is 1. The summed E-state index contributed by atoms with van der Waals surface area (Å²) >= 11 is 5.21. The molecule has 0 fully saturated rings. The second-order valence-electron chi connectivity index (χ2n) is 6.90. The summed E-state index contributed by atoms with van der Waals surface area (Å²) in [6.45, 7) is 2.57. The molecule has 142 valence electrons. The van der Waals surface area contributed by atoms with Gasteiger partial charge in [0, 0.05) is 26.6 Å². The topological polar surface area (TPSA) is 71.9 Å². The second kappa shape index (κ2) is 7.94. The smallest absolute Gasteiger partial charge is 0.142 e. The largest absolute Gasteiger partial charge is 0.488 e. The number of rotatable bonds is 4. The van der Waals surface area contributed by atoms with E-state index in [-0.39, 0.29) is 0 Å². The van der Waals surface area contributed by atoms with Crippen molar-refractivity contribution in [3.63, 3.8) is 0 Å². The average molecular weight is 454 g/mol. The van der Waals surface area contributed by atoms with Gasteiger partial charge in [-0.2, -0.15) is 5.26 Å². The number of benzene rings is 1. The highest BCUT2D eigenvalue weighted by molar-refractivity contribution is 9.10. The van der Waals surface area contributed by atoms with E-state index in [0.717, 1.165) is 57.6 Å². The molecule has 28 heavy (non-hydrogen) atoms. The Hall–Kier alpha value is -2.36. The van der Waals surface area contributed by atoms with Crippen LogP contribution in [-0.2, 0) is 19.4 Å². The molecular weight excluding hydrogens is 434 g/mol. The van der Waals surface area contributed by atoms with Crippen molar-refractivity contribution in [2.75, 3.05) is 5.73 Å². The Balaban J connectivity index is 1.72. The molecule has 0 amide bonds. The van der Waals surface area contributed by atoms with Gasteiger partial charge in [0.1, 0.15) is 29.8 Å². The van der Waals surface area contributed by atoms with Crippen molar-refractivity contribution in [1.82, 2.24) is 4.98 Å². The van der Waals surface area contributed by atoms with Crippen LogP contribution in [0.15, 0.2) is 34.8 Å². The lowest BCUT2D eigenvalue weighted by atomic mass is 9.89. The molecule has 0 unspecified atom stereocenters. The highest BCUT2D eigenvalue weighted by Gasteiger charge is 2.23. The number of aromatic nitrogens is 1. The first-order valence-corrected chi connectivity index (χ1v) is 10.9. The fourth-order valence-electron chi connectivity index (χ4n) is 3.65. The van der Waals surface area contributed by atoms with E-state index in [1.165, 1.54) is 10.4 Å². The molecule has 0 bridgehead atoms. The predicted octanol–water partition coefficient (Wildman–Crippen LogP) is 5.79. The third-order valence-corrected chi connectivity index (χ3v) is 6.87. The first-order chi connectivity index (χ1) is 13.6. The first-order valence-electron chi connectivity index (χ1n) is 9.26. The number of pyridine rings is 1. The minimum absolute atomic E-state index is 0.343. The summed E-state index contributed by atoms with van der Waals surface area (Å²) in [5, 5.41) is 9.73. The van der Waals surface area contributed by atoms with Crippen LogP contribution in [0.3, 0.4) is 0 Å². The van der Waals surface area contributed by atoms with E-state index in [1.54, 1.807) is 11.3 Å². The van der Waals surface area contributed by atoms with Crippen LogP contribution < -0.4 is 10.5 Å². The summed E-state index contributed by atoms with van der Waals surface area (Å²) in [5.41, 5.74) is 11.0. The van der Waals surface area contributed by atoms with E-state index >= 15 is 0 Å². The molecule has 4 nitrogen and oxygen atoms in total. The zero-order valence-electron chi connectivity index (χ0n) is 15.6. The number of nitrogens with zero attached hydrogens (tertiary/aromatic N) is 2. The molecule has 0 aliphatic heterocycles. The van der Waals surface area contributed by atoms with Crippen LogP contribution in [0.25, 0.3) is 10.4 Å². The number of fused-ring (bicyclic) bond motifs is 1. The Morgan fingerprint density at radius 1 is 1.29 bits per heavy atom. The number of nitriles is 1. The van der Waals surface area contributed by atoms with Crippen LogP contribution in [0.1, 0.15) is 40.1 Å². The van der Waals surface area contributed by atoms with E-state index < -0.39 is 0 Å². The van der Waals surface area contributed by atoms with Crippen molar-refractivity contribution in [3.05, 3.63) is 62.1 Å². The first kappa shape index (κ1) is 19.0. The third-order valence-electron chi connectivity index (χ3n) is 5.10. The van der Waals surface area contributed by atoms with Crippen LogP contribution in [0.5, 0.6) is 5.75 Å². The predicted molar refractivity (Wildman–Crippen MR) is 117 cm³/mol. The lowest BCUT2D eigenvalue weighted by molar-refractivity contribution is 0.304. The van der Waals surface area contributed by atoms with Crippen LogP contribution in [0.2, 0.25) is 0 Å². The van der Waals surface area contributed by atoms with E-state index in [9.17, 15) is 5.26 Å². The number of aryl methyl sites for hydroxylation is 2. The van der Waals surface area contributed by atoms with Gasteiger partial charge in [0.15, 0.2) is 0 Å². The molecule has 0 atom stereocenters. The summed E-state index contributed by atoms with van der Waals surface area (Å²) < 4.78 is 6.94. The maximum Gasteiger partial charge on any atom is 0.142 e. The molecule has 2 aromatic heterocycles. The standard InChI is InChI=1S/C22H20BrN3OS/c1-13-14(12-27-19-9-5-3-7-17(19)23)10-20(28-13)21-15-6-2-4-8-18(15)26-22(25)16(21)11-24/h3,5,7,9-10H,2,4,6,8,12H2,1H3,(H2,25,26). The normalized spacial score (nSPS) is 13.0. The van der Waals surface area contributed by atoms with Crippen LogP contribution in [0.4, 0.5) is 5.82 Å². The molecule has 0 saturated carbocycles. The number of ether oxygens (including phenoxy) is 1. The number of hydrogen-bond acceptors (Lipinski definition) is 5. The van der Waals surface area contributed by atoms with Gasteiger partial charge in [0.05, 0.1) is 4.47 Å². The summed E-state index contributed by atoms with van der Waals surface area (Å²) in [5.74, 6) is 1.16. The van der Waals surface area contributed by atoms with Gasteiger partial charge in [0.2, 0.25) is 0 Å². The highest BCUT2D eigenvalue weighted by atomic mass is 79.9. The Morgan fingerprint density at radius 2 is 2.07 bits per heavy atom. The molecule has 1 aliphatic rings. The fourth-order valence-corrected chi connectivity index (χ4v) is 5.16. The molecule has 1 aromatic carbocycles. The summed E-state index contributed by atoms with van der Waals surface area (Å²) in [6.07, 6.45) is 4.13. The summed E-state index contributed by atoms with van der Waals surface area (Å²) in [6, 6.07) is 12.3. The minimum Gasteiger partial charge on any atom is -0.488 e. The fraction of sp³-hybridized carbons (Fsp3) is 0.273. The van der Waals surface area contributed by atoms with Gasteiger partial charge in [-0.1, -0.05) is 12.1 Å². The van der Waals surface area contributed by atoms with E-state index in [2.05, 4.69) is 40.0 Å². The number of hydrogen-bond donors (Lipinski definition) is 1. The number of nitrogen functional groups attached to an aromatic ring is 1. The number of para-hydroxylation sites is 1. The van der Waals surface area contributed by atoms with Crippen molar-refractivity contribution in [1.29, 1.82) is 5.26 Å². The van der Waals surface area contributed by atoms with E-state index in [1.807, 2.05) is 24.3 Å². The van der Waals surface area contributed by atoms with Crippen LogP contribution >= 0.6 is 27.3 Å². The number of anilines is 1. The third kappa shape index (κ3) is 3.52. The lowest BCUT2D eigenvalue weighted by Crippen LogP contribution is -2.11.